The number of carbonyl (C=O) groups is 3. The van der Waals surface area contributed by atoms with Crippen molar-refractivity contribution in [3.8, 4) is 22.4 Å². The number of hydrogen-bond acceptors (Lipinski definition) is 6. The van der Waals surface area contributed by atoms with Crippen molar-refractivity contribution < 1.29 is 19.1 Å². The highest BCUT2D eigenvalue weighted by Gasteiger charge is 2.42. The van der Waals surface area contributed by atoms with Gasteiger partial charge in [-0.15, -0.1) is 0 Å². The predicted molar refractivity (Wildman–Crippen MR) is 223 cm³/mol. The molecule has 0 bridgehead atoms. The van der Waals surface area contributed by atoms with Crippen LogP contribution < -0.4 is 5.32 Å². The molecule has 2 saturated heterocycles. The first-order valence-corrected chi connectivity index (χ1v) is 21.1. The maximum Gasteiger partial charge on any atom is 0.407 e. The lowest BCUT2D eigenvalue weighted by atomic mass is 9.91. The largest absolute Gasteiger partial charge is 0.453 e. The number of methoxy groups -OCH3 is 1. The molecule has 2 fully saturated rings. The van der Waals surface area contributed by atoms with Gasteiger partial charge in [-0.05, 0) is 110 Å². The maximum atomic E-state index is 14.0. The minimum absolute atomic E-state index is 0.00680. The lowest BCUT2D eigenvalue weighted by Crippen LogP contribution is -2.52. The van der Waals surface area contributed by atoms with E-state index in [1.165, 1.54) is 34.9 Å². The van der Waals surface area contributed by atoms with E-state index in [4.69, 9.17) is 14.7 Å². The van der Waals surface area contributed by atoms with E-state index < -0.39 is 12.1 Å². The zero-order chi connectivity index (χ0) is 40.1. The summed E-state index contributed by atoms with van der Waals surface area (Å²) < 4.78 is 4.83. The van der Waals surface area contributed by atoms with Gasteiger partial charge in [0.25, 0.3) is 0 Å². The Morgan fingerprint density at radius 2 is 1.63 bits per heavy atom. The van der Waals surface area contributed by atoms with E-state index in [0.29, 0.717) is 12.3 Å². The highest BCUT2D eigenvalue weighted by Crippen LogP contribution is 2.42. The van der Waals surface area contributed by atoms with Crippen LogP contribution in [0.25, 0.3) is 44.2 Å². The predicted octanol–water partition coefficient (Wildman–Crippen LogP) is 9.18. The number of aromatic amines is 2. The third-order valence-corrected chi connectivity index (χ3v) is 12.8. The van der Waals surface area contributed by atoms with Crippen LogP contribution in [0.5, 0.6) is 0 Å². The molecule has 5 atom stereocenters. The zero-order valence-corrected chi connectivity index (χ0v) is 34.4. The Morgan fingerprint density at radius 3 is 2.37 bits per heavy atom. The number of aromatic nitrogens is 4. The quantitative estimate of drug-likeness (QED) is 0.130. The molecular formula is C46H57N7O4. The number of alkyl carbamates (subject to hydrolysis) is 1. The molecule has 2 aliphatic heterocycles. The molecule has 3 N–H and O–H groups in total. The van der Waals surface area contributed by atoms with Crippen LogP contribution in [-0.2, 0) is 27.2 Å². The summed E-state index contributed by atoms with van der Waals surface area (Å²) in [6.45, 7) is 12.3. The minimum Gasteiger partial charge on any atom is -0.453 e. The van der Waals surface area contributed by atoms with Crippen molar-refractivity contribution in [1.29, 1.82) is 0 Å². The van der Waals surface area contributed by atoms with Gasteiger partial charge in [0.05, 0.1) is 42.1 Å². The van der Waals surface area contributed by atoms with E-state index in [2.05, 4.69) is 90.3 Å². The van der Waals surface area contributed by atoms with E-state index in [-0.39, 0.29) is 41.9 Å². The van der Waals surface area contributed by atoms with Crippen LogP contribution in [0.2, 0.25) is 0 Å². The molecule has 5 aromatic rings. The highest BCUT2D eigenvalue weighted by molar-refractivity contribution is 6.05. The smallest absolute Gasteiger partial charge is 0.407 e. The molecular weight excluding hydrogens is 715 g/mol. The topological polar surface area (TPSA) is 136 Å². The first-order chi connectivity index (χ1) is 27.5. The third-order valence-electron chi connectivity index (χ3n) is 12.8. The minimum atomic E-state index is -0.695. The molecule has 8 rings (SSSR count). The van der Waals surface area contributed by atoms with E-state index in [9.17, 15) is 14.4 Å². The van der Waals surface area contributed by atoms with Crippen LogP contribution in [-0.4, -0.2) is 72.9 Å². The van der Waals surface area contributed by atoms with Gasteiger partial charge in [-0.25, -0.2) is 14.8 Å². The Hall–Kier alpha value is -5.19. The van der Waals surface area contributed by atoms with E-state index >= 15 is 0 Å². The molecule has 3 amide bonds. The Kier molecular flexibility index (Phi) is 10.6. The summed E-state index contributed by atoms with van der Waals surface area (Å²) in [4.78, 5) is 60.8. The molecule has 11 heteroatoms. The number of imidazole rings is 2. The Bertz CT molecular complexity index is 2320. The number of ether oxygens (including phenoxy) is 1. The summed E-state index contributed by atoms with van der Waals surface area (Å²) in [5, 5.41) is 4.93. The first kappa shape index (κ1) is 38.7. The third kappa shape index (κ3) is 7.07. The molecule has 3 aromatic carbocycles. The molecule has 2 aromatic heterocycles. The van der Waals surface area contributed by atoms with E-state index in [1.807, 2.05) is 24.9 Å². The fraction of sp³-hybridized carbons (Fsp3) is 0.500. The van der Waals surface area contributed by atoms with Crippen LogP contribution in [0, 0.1) is 11.8 Å². The molecule has 57 heavy (non-hydrogen) atoms. The van der Waals surface area contributed by atoms with Crippen LogP contribution in [0.15, 0.2) is 48.7 Å². The van der Waals surface area contributed by atoms with Crippen molar-refractivity contribution in [3.63, 3.8) is 0 Å². The summed E-state index contributed by atoms with van der Waals surface area (Å²) in [5.74, 6) is 2.00. The lowest BCUT2D eigenvalue weighted by Gasteiger charge is -2.32. The van der Waals surface area contributed by atoms with Gasteiger partial charge in [0.2, 0.25) is 11.8 Å². The Balaban J connectivity index is 1.07. The number of carbonyl (C=O) groups excluding carboxylic acids is 3. The number of likely N-dealkylation sites (tertiary alicyclic amines) is 2. The number of H-pyrrole nitrogens is 2. The van der Waals surface area contributed by atoms with Crippen molar-refractivity contribution in [2.24, 2.45) is 11.8 Å². The number of amides is 3. The van der Waals surface area contributed by atoms with Crippen molar-refractivity contribution in [2.75, 3.05) is 7.11 Å². The van der Waals surface area contributed by atoms with Gasteiger partial charge in [0.1, 0.15) is 17.7 Å². The second-order valence-electron chi connectivity index (χ2n) is 17.3. The van der Waals surface area contributed by atoms with Crippen molar-refractivity contribution in [1.82, 2.24) is 35.1 Å². The van der Waals surface area contributed by atoms with Gasteiger partial charge in [-0.2, -0.15) is 0 Å². The zero-order valence-electron chi connectivity index (χ0n) is 34.4. The molecule has 3 aliphatic rings. The molecule has 0 radical (unpaired) electrons. The van der Waals surface area contributed by atoms with Gasteiger partial charge in [0, 0.05) is 29.5 Å². The van der Waals surface area contributed by atoms with E-state index in [0.717, 1.165) is 90.5 Å². The maximum absolute atomic E-state index is 14.0. The van der Waals surface area contributed by atoms with E-state index in [1.54, 1.807) is 0 Å². The van der Waals surface area contributed by atoms with Crippen LogP contribution >= 0.6 is 0 Å². The summed E-state index contributed by atoms with van der Waals surface area (Å²) in [6.07, 6.45) is 9.63. The number of benzene rings is 3. The van der Waals surface area contributed by atoms with Crippen molar-refractivity contribution >= 4 is 39.7 Å². The van der Waals surface area contributed by atoms with Gasteiger partial charge in [0.15, 0.2) is 0 Å². The van der Waals surface area contributed by atoms with Gasteiger partial charge in [-0.1, -0.05) is 65.0 Å². The Labute approximate surface area is 335 Å². The molecule has 0 unspecified atom stereocenters. The number of fused-ring (bicyclic) bond motifs is 4. The lowest BCUT2D eigenvalue weighted by molar-refractivity contribution is -0.137. The van der Waals surface area contributed by atoms with Crippen LogP contribution in [0.4, 0.5) is 4.79 Å². The monoisotopic (exact) mass is 771 g/mol. The molecule has 300 valence electrons. The first-order valence-electron chi connectivity index (χ1n) is 21.1. The van der Waals surface area contributed by atoms with Gasteiger partial charge in [-0.3, -0.25) is 9.59 Å². The number of nitrogens with one attached hydrogen (secondary N) is 3. The summed E-state index contributed by atoms with van der Waals surface area (Å²) in [6, 6.07) is 14.8. The average molecular weight is 772 g/mol. The summed E-state index contributed by atoms with van der Waals surface area (Å²) >= 11 is 0. The molecule has 0 spiro atoms. The summed E-state index contributed by atoms with van der Waals surface area (Å²) in [7, 11) is 1.31. The fourth-order valence-electron chi connectivity index (χ4n) is 9.89. The number of nitrogens with zero attached hydrogens (tertiary/aromatic N) is 4. The standard InChI is InChI=1S/C46H57N7O4/c1-8-30-15-21-38(53(30)40(54)22-25(2)3)43-47-24-37(49-43)35-18-17-31(33-10-9-11-34(33)35)28-13-16-32-29(23-28)14-19-36-42(32)50-44(48-36)39-20-12-27(6)52(39)45(55)41(26(4)5)51-46(56)57-7/h13-14,16-19,23-27,30,38-39,41H,8-12,15,20-22H2,1-7H3,(H,47,49)(H,48,50)(H,51,56)/t27-,30-,38-,39-,41-/m0/s1. The molecule has 0 saturated carbocycles. The Morgan fingerprint density at radius 1 is 0.895 bits per heavy atom. The number of rotatable bonds is 10. The SMILES string of the molecule is CC[C@H]1CC[C@@H](c2ncc(-c3ccc(-c4ccc5c(ccc6[nH]c([C@@H]7CC[C@H](C)N7C(=O)[C@@H](NC(=O)OC)C(C)C)nc65)c4)c4c3CCC4)[nH]2)N1C(=O)CC(C)C. The van der Waals surface area contributed by atoms with Crippen molar-refractivity contribution in [2.45, 2.75) is 130 Å². The van der Waals surface area contributed by atoms with Crippen LogP contribution in [0.3, 0.4) is 0 Å². The summed E-state index contributed by atoms with van der Waals surface area (Å²) in [5.41, 5.74) is 9.28. The molecule has 1 aliphatic carbocycles. The average Bonchev–Trinajstić information content (AvgIpc) is 4.04. The fourth-order valence-corrected chi connectivity index (χ4v) is 9.89. The second kappa shape index (κ2) is 15.6. The van der Waals surface area contributed by atoms with Gasteiger partial charge >= 0.3 is 6.09 Å². The molecule has 4 heterocycles. The van der Waals surface area contributed by atoms with Gasteiger partial charge < -0.3 is 29.8 Å². The number of hydrogen-bond donors (Lipinski definition) is 3. The normalized spacial score (nSPS) is 21.3. The van der Waals surface area contributed by atoms with Crippen LogP contribution in [0.1, 0.15) is 121 Å². The van der Waals surface area contributed by atoms with Crippen molar-refractivity contribution in [3.05, 3.63) is 71.4 Å². The highest BCUT2D eigenvalue weighted by atomic mass is 16.5. The second-order valence-corrected chi connectivity index (χ2v) is 17.3. The molecule has 11 nitrogen and oxygen atoms in total.